The van der Waals surface area contributed by atoms with Crippen molar-refractivity contribution in [1.82, 2.24) is 34.5 Å². The zero-order valence-corrected chi connectivity index (χ0v) is 54.3. The van der Waals surface area contributed by atoms with Crippen molar-refractivity contribution in [2.75, 3.05) is 9.80 Å². The van der Waals surface area contributed by atoms with Gasteiger partial charge in [-0.15, -0.1) is 0 Å². The number of benzene rings is 12. The molecule has 17 rings (SSSR count). The number of fused-ring (bicyclic) bond motifs is 7. The molecular weight excluding hydrogens is 1170 g/mol. The Morgan fingerprint density at radius 3 is 1.08 bits per heavy atom. The normalized spacial score (nSPS) is 12.6. The number of nitrogens with zero attached hydrogens (tertiary/aromatic N) is 9. The Bertz CT molecular complexity index is 5360. The molecule has 12 aromatic carbocycles. The van der Waals surface area contributed by atoms with Crippen molar-refractivity contribution in [2.45, 2.75) is 52.4 Å². The summed E-state index contributed by atoms with van der Waals surface area (Å²) in [6, 6.07) is 104. The first-order chi connectivity index (χ1) is 46.9. The largest absolute Gasteiger partial charge is 0.311 e. The molecule has 0 spiro atoms. The van der Waals surface area contributed by atoms with Crippen LogP contribution in [0.3, 0.4) is 0 Å². The van der Waals surface area contributed by atoms with Crippen molar-refractivity contribution in [3.63, 3.8) is 0 Å². The Balaban J connectivity index is 0.802. The molecule has 96 heavy (non-hydrogen) atoms. The molecule has 3 aromatic heterocycles. The number of rotatable bonds is 10. The van der Waals surface area contributed by atoms with Crippen LogP contribution in [0.15, 0.2) is 291 Å². The molecule has 9 nitrogen and oxygen atoms in total. The van der Waals surface area contributed by atoms with E-state index in [9.17, 15) is 0 Å². The number of hydrogen-bond donors (Lipinski definition) is 0. The second-order valence-corrected chi connectivity index (χ2v) is 27.1. The van der Waals surface area contributed by atoms with Crippen LogP contribution in [0.4, 0.5) is 34.1 Å². The molecule has 0 unspecified atom stereocenters. The predicted octanol–water partition coefficient (Wildman–Crippen LogP) is 19.5. The number of hydrogen-bond acceptors (Lipinski definition) is 8. The van der Waals surface area contributed by atoms with Gasteiger partial charge in [0.1, 0.15) is 0 Å². The Morgan fingerprint density at radius 2 is 0.625 bits per heavy atom. The van der Waals surface area contributed by atoms with Crippen LogP contribution >= 0.6 is 0 Å². The smallest absolute Gasteiger partial charge is 0.252 e. The second kappa shape index (κ2) is 23.0. The Kier molecular flexibility index (Phi) is 13.9. The fraction of sp³-hybridized carbons (Fsp3) is 0.0930. The van der Waals surface area contributed by atoms with Gasteiger partial charge in [0.25, 0.3) is 6.71 Å². The van der Waals surface area contributed by atoms with E-state index in [1.54, 1.807) is 0 Å². The van der Waals surface area contributed by atoms with Crippen molar-refractivity contribution >= 4 is 79.0 Å². The molecule has 0 N–H and O–H groups in total. The fourth-order valence-electron chi connectivity index (χ4n) is 14.1. The van der Waals surface area contributed by atoms with Crippen LogP contribution in [-0.4, -0.2) is 41.2 Å². The number of para-hydroxylation sites is 3. The lowest BCUT2D eigenvalue weighted by Crippen LogP contribution is -2.61. The summed E-state index contributed by atoms with van der Waals surface area (Å²) >= 11 is 0. The maximum Gasteiger partial charge on any atom is 0.252 e. The summed E-state index contributed by atoms with van der Waals surface area (Å²) in [7, 11) is 0. The molecule has 2 aliphatic heterocycles. The molecule has 15 aromatic rings. The third-order valence-electron chi connectivity index (χ3n) is 19.0. The summed E-state index contributed by atoms with van der Waals surface area (Å²) in [5.74, 6) is 3.29. The molecule has 0 radical (unpaired) electrons. The van der Waals surface area contributed by atoms with Gasteiger partial charge in [-0.3, -0.25) is 0 Å². The SMILES string of the molecule is CC(C)(C)c1ccc2c(c1)c1cc(C(C)(C)C)ccc1n2-c1ccc(-c2nc(-c3ccccc3)nc(-c3ccccc3)n2)cc1-c1nc(-c2ccccc2)nc(-c2ccc(-c3ccc(N4c5ccccc5B5c6ccccc6N(c6ccccc6)c6cccc4c65)cc3)cc2)n1. The van der Waals surface area contributed by atoms with Crippen molar-refractivity contribution < 1.29 is 0 Å². The van der Waals surface area contributed by atoms with Crippen molar-refractivity contribution in [1.29, 1.82) is 0 Å². The molecule has 10 heteroatoms. The van der Waals surface area contributed by atoms with E-state index in [1.165, 1.54) is 61.0 Å². The van der Waals surface area contributed by atoms with E-state index in [0.29, 0.717) is 34.9 Å². The highest BCUT2D eigenvalue weighted by atomic mass is 15.2. The van der Waals surface area contributed by atoms with Crippen molar-refractivity contribution in [3.05, 3.63) is 302 Å². The van der Waals surface area contributed by atoms with Crippen LogP contribution in [0.25, 0.3) is 107 Å². The highest BCUT2D eigenvalue weighted by Crippen LogP contribution is 2.46. The minimum absolute atomic E-state index is 0.0718. The standard InChI is InChI=1S/C86H66BN9/c1-85(2,3)62-45-50-71-66(53-62)67-54-63(86(4,5)6)46-51-72(67)96(71)73-49-44-61(83-90-79(57-24-11-7-12-25-57)88-80(91-83)58-26-13-8-14-27-58)52-68(73)84-92-81(59-28-15-9-16-29-59)89-82(93-84)60-40-38-55(39-41-60)56-42-47-65(48-43-56)95-75-35-22-20-33-70(75)87-69-32-19-21-34-74(69)94(64-30-17-10-18-31-64)76-36-23-37-77(95)78(76)87/h7-54H,1-6H3. The van der Waals surface area contributed by atoms with E-state index in [4.69, 9.17) is 29.9 Å². The zero-order valence-electron chi connectivity index (χ0n) is 54.3. The quantitative estimate of drug-likeness (QED) is 0.125. The third-order valence-corrected chi connectivity index (χ3v) is 19.0. The number of aromatic nitrogens is 7. The number of anilines is 6. The minimum atomic E-state index is -0.0769. The van der Waals surface area contributed by atoms with Gasteiger partial charge in [-0.1, -0.05) is 242 Å². The summed E-state index contributed by atoms with van der Waals surface area (Å²) in [4.78, 5) is 36.8. The minimum Gasteiger partial charge on any atom is -0.311 e. The van der Waals surface area contributed by atoms with Crippen LogP contribution in [0, 0.1) is 0 Å². The highest BCUT2D eigenvalue weighted by Gasteiger charge is 2.43. The van der Waals surface area contributed by atoms with Gasteiger partial charge in [0.15, 0.2) is 34.9 Å². The monoisotopic (exact) mass is 1240 g/mol. The lowest BCUT2D eigenvalue weighted by Gasteiger charge is -2.44. The predicted molar refractivity (Wildman–Crippen MR) is 397 cm³/mol. The van der Waals surface area contributed by atoms with E-state index in [0.717, 1.165) is 72.6 Å². The van der Waals surface area contributed by atoms with E-state index in [2.05, 4.69) is 268 Å². The summed E-state index contributed by atoms with van der Waals surface area (Å²) in [5, 5.41) is 2.36. The van der Waals surface area contributed by atoms with Crippen LogP contribution in [0.2, 0.25) is 0 Å². The molecule has 458 valence electrons. The molecule has 0 atom stereocenters. The average Bonchev–Trinajstić information content (AvgIpc) is 0.823. The molecule has 0 amide bonds. The van der Waals surface area contributed by atoms with Gasteiger partial charge in [0.05, 0.1) is 16.7 Å². The van der Waals surface area contributed by atoms with Crippen LogP contribution in [0.1, 0.15) is 52.7 Å². The molecule has 0 saturated heterocycles. The van der Waals surface area contributed by atoms with E-state index in [1.807, 2.05) is 78.9 Å². The summed E-state index contributed by atoms with van der Waals surface area (Å²) in [6.45, 7) is 13.8. The maximum absolute atomic E-state index is 5.55. The summed E-state index contributed by atoms with van der Waals surface area (Å²) in [6.07, 6.45) is 0. The first kappa shape index (κ1) is 58.0. The van der Waals surface area contributed by atoms with Crippen molar-refractivity contribution in [2.24, 2.45) is 0 Å². The average molecular weight is 1240 g/mol. The van der Waals surface area contributed by atoms with E-state index < -0.39 is 0 Å². The van der Waals surface area contributed by atoms with Gasteiger partial charge in [-0.05, 0) is 140 Å². The van der Waals surface area contributed by atoms with Gasteiger partial charge >= 0.3 is 0 Å². The molecule has 2 aliphatic rings. The Hall–Kier alpha value is -11.9. The fourth-order valence-corrected chi connectivity index (χ4v) is 14.1. The summed E-state index contributed by atoms with van der Waals surface area (Å²) < 4.78 is 2.39. The lowest BCUT2D eigenvalue weighted by atomic mass is 9.33. The van der Waals surface area contributed by atoms with Gasteiger partial charge < -0.3 is 14.4 Å². The Morgan fingerprint density at radius 1 is 0.271 bits per heavy atom. The highest BCUT2D eigenvalue weighted by molar-refractivity contribution is 7.00. The van der Waals surface area contributed by atoms with Crippen LogP contribution in [0.5, 0.6) is 0 Å². The Labute approximate surface area is 559 Å². The van der Waals surface area contributed by atoms with Gasteiger partial charge in [0, 0.05) is 78.3 Å². The molecular formula is C86H66BN9. The zero-order chi connectivity index (χ0) is 64.8. The first-order valence-corrected chi connectivity index (χ1v) is 33.0. The second-order valence-electron chi connectivity index (χ2n) is 27.1. The van der Waals surface area contributed by atoms with Gasteiger partial charge in [-0.2, -0.15) is 0 Å². The summed E-state index contributed by atoms with van der Waals surface area (Å²) in [5.41, 5.74) is 23.5. The lowest BCUT2D eigenvalue weighted by molar-refractivity contribution is 0.590. The molecule has 0 saturated carbocycles. The molecule has 0 fully saturated rings. The molecule has 0 bridgehead atoms. The van der Waals surface area contributed by atoms with E-state index in [-0.39, 0.29) is 17.5 Å². The molecule has 5 heterocycles. The maximum atomic E-state index is 5.55. The first-order valence-electron chi connectivity index (χ1n) is 33.0. The molecule has 0 aliphatic carbocycles. The van der Waals surface area contributed by atoms with Crippen LogP contribution < -0.4 is 26.2 Å². The van der Waals surface area contributed by atoms with Gasteiger partial charge in [-0.25, -0.2) is 29.9 Å². The van der Waals surface area contributed by atoms with E-state index >= 15 is 0 Å². The van der Waals surface area contributed by atoms with Crippen LogP contribution in [-0.2, 0) is 10.8 Å². The van der Waals surface area contributed by atoms with Gasteiger partial charge in [0.2, 0.25) is 0 Å². The van der Waals surface area contributed by atoms with Crippen molar-refractivity contribution in [3.8, 4) is 85.1 Å². The third kappa shape index (κ3) is 10.1. The topological polar surface area (TPSA) is 88.7 Å².